The highest BCUT2D eigenvalue weighted by atomic mass is 14.3. The van der Waals surface area contributed by atoms with E-state index in [4.69, 9.17) is 0 Å². The SMILES string of the molecule is CC(C1CCCCC1)C(CC1CCCCC1)c1ccccc1. The Morgan fingerprint density at radius 2 is 1.41 bits per heavy atom. The summed E-state index contributed by atoms with van der Waals surface area (Å²) in [5, 5.41) is 0. The Morgan fingerprint density at radius 3 is 2.05 bits per heavy atom. The quantitative estimate of drug-likeness (QED) is 0.551. The molecule has 0 amide bonds. The topological polar surface area (TPSA) is 0 Å². The van der Waals surface area contributed by atoms with Crippen molar-refractivity contribution in [3.63, 3.8) is 0 Å². The van der Waals surface area contributed by atoms with E-state index in [0.717, 1.165) is 23.7 Å². The third-order valence-corrected chi connectivity index (χ3v) is 6.57. The van der Waals surface area contributed by atoms with Gasteiger partial charge in [-0.25, -0.2) is 0 Å². The van der Waals surface area contributed by atoms with Crippen LogP contribution in [0.3, 0.4) is 0 Å². The summed E-state index contributed by atoms with van der Waals surface area (Å²) in [7, 11) is 0. The third-order valence-electron chi connectivity index (χ3n) is 6.57. The predicted molar refractivity (Wildman–Crippen MR) is 96.1 cm³/mol. The van der Waals surface area contributed by atoms with Crippen LogP contribution in [-0.4, -0.2) is 0 Å². The van der Waals surface area contributed by atoms with Crippen molar-refractivity contribution in [2.75, 3.05) is 0 Å². The van der Waals surface area contributed by atoms with Crippen LogP contribution in [0.25, 0.3) is 0 Å². The van der Waals surface area contributed by atoms with E-state index >= 15 is 0 Å². The lowest BCUT2D eigenvalue weighted by atomic mass is 9.69. The molecule has 0 saturated heterocycles. The lowest BCUT2D eigenvalue weighted by Gasteiger charge is -2.36. The van der Waals surface area contributed by atoms with Crippen LogP contribution in [-0.2, 0) is 0 Å². The Hall–Kier alpha value is -0.780. The van der Waals surface area contributed by atoms with Gasteiger partial charge < -0.3 is 0 Å². The van der Waals surface area contributed by atoms with Crippen LogP contribution in [0.1, 0.15) is 89.0 Å². The highest BCUT2D eigenvalue weighted by Gasteiger charge is 2.30. The van der Waals surface area contributed by atoms with Gasteiger partial charge in [0.1, 0.15) is 0 Å². The van der Waals surface area contributed by atoms with E-state index in [0.29, 0.717) is 0 Å². The lowest BCUT2D eigenvalue weighted by molar-refractivity contribution is 0.200. The number of rotatable bonds is 5. The van der Waals surface area contributed by atoms with Gasteiger partial charge in [0.25, 0.3) is 0 Å². The molecule has 1 aromatic rings. The maximum Gasteiger partial charge on any atom is -0.0131 e. The molecule has 0 N–H and O–H groups in total. The highest BCUT2D eigenvalue weighted by molar-refractivity contribution is 5.20. The fraction of sp³-hybridized carbons (Fsp3) is 0.727. The van der Waals surface area contributed by atoms with Crippen molar-refractivity contribution in [3.05, 3.63) is 35.9 Å². The van der Waals surface area contributed by atoms with Gasteiger partial charge in [-0.3, -0.25) is 0 Å². The summed E-state index contributed by atoms with van der Waals surface area (Å²) in [6.45, 7) is 2.57. The van der Waals surface area contributed by atoms with Gasteiger partial charge in [-0.15, -0.1) is 0 Å². The van der Waals surface area contributed by atoms with Gasteiger partial charge in [0.05, 0.1) is 0 Å². The first kappa shape index (κ1) is 16.1. The average Bonchev–Trinajstić information content (AvgIpc) is 2.61. The first-order chi connectivity index (χ1) is 10.8. The molecule has 0 spiro atoms. The van der Waals surface area contributed by atoms with E-state index in [1.54, 1.807) is 5.56 Å². The normalized spacial score (nSPS) is 24.0. The van der Waals surface area contributed by atoms with Crippen molar-refractivity contribution in [2.45, 2.75) is 83.5 Å². The summed E-state index contributed by atoms with van der Waals surface area (Å²) in [5.74, 6) is 3.63. The largest absolute Gasteiger partial charge is 0.0622 e. The molecule has 2 saturated carbocycles. The van der Waals surface area contributed by atoms with Gasteiger partial charge in [-0.2, -0.15) is 0 Å². The second-order valence-electron chi connectivity index (χ2n) is 8.01. The smallest absolute Gasteiger partial charge is 0.0131 e. The fourth-order valence-corrected chi connectivity index (χ4v) is 5.12. The van der Waals surface area contributed by atoms with Crippen LogP contribution in [0.4, 0.5) is 0 Å². The van der Waals surface area contributed by atoms with Crippen molar-refractivity contribution in [1.29, 1.82) is 0 Å². The van der Waals surface area contributed by atoms with Gasteiger partial charge in [0, 0.05) is 0 Å². The monoisotopic (exact) mass is 298 g/mol. The summed E-state index contributed by atoms with van der Waals surface area (Å²) >= 11 is 0. The molecule has 0 aromatic heterocycles. The van der Waals surface area contributed by atoms with Crippen molar-refractivity contribution in [3.8, 4) is 0 Å². The second-order valence-corrected chi connectivity index (χ2v) is 8.01. The molecule has 2 aliphatic carbocycles. The molecule has 2 unspecified atom stereocenters. The van der Waals surface area contributed by atoms with Gasteiger partial charge in [-0.1, -0.05) is 101 Å². The van der Waals surface area contributed by atoms with Crippen molar-refractivity contribution in [2.24, 2.45) is 17.8 Å². The number of hydrogen-bond donors (Lipinski definition) is 0. The Bertz CT molecular complexity index is 409. The summed E-state index contributed by atoms with van der Waals surface area (Å²) < 4.78 is 0. The number of benzene rings is 1. The molecule has 0 aliphatic heterocycles. The third kappa shape index (κ3) is 4.15. The molecular formula is C22H34. The Balaban J connectivity index is 1.72. The van der Waals surface area contributed by atoms with E-state index in [9.17, 15) is 0 Å². The molecule has 122 valence electrons. The summed E-state index contributed by atoms with van der Waals surface area (Å²) in [6, 6.07) is 11.5. The maximum atomic E-state index is 2.57. The van der Waals surface area contributed by atoms with Crippen LogP contribution >= 0.6 is 0 Å². The minimum Gasteiger partial charge on any atom is -0.0622 e. The molecule has 22 heavy (non-hydrogen) atoms. The van der Waals surface area contributed by atoms with E-state index in [-0.39, 0.29) is 0 Å². The highest BCUT2D eigenvalue weighted by Crippen LogP contribution is 2.43. The van der Waals surface area contributed by atoms with Crippen LogP contribution in [0, 0.1) is 17.8 Å². The molecule has 2 atom stereocenters. The Kier molecular flexibility index (Phi) is 5.98. The molecule has 0 radical (unpaired) electrons. The molecule has 0 bridgehead atoms. The second kappa shape index (κ2) is 8.18. The van der Waals surface area contributed by atoms with Crippen LogP contribution in [0.2, 0.25) is 0 Å². The number of hydrogen-bond acceptors (Lipinski definition) is 0. The van der Waals surface area contributed by atoms with Gasteiger partial charge in [-0.05, 0) is 35.7 Å². The van der Waals surface area contributed by atoms with Gasteiger partial charge in [0.15, 0.2) is 0 Å². The molecule has 2 fully saturated rings. The lowest BCUT2D eigenvalue weighted by Crippen LogP contribution is -2.24. The average molecular weight is 299 g/mol. The zero-order valence-electron chi connectivity index (χ0n) is 14.5. The first-order valence-corrected chi connectivity index (χ1v) is 9.89. The van der Waals surface area contributed by atoms with Crippen molar-refractivity contribution >= 4 is 0 Å². The molecule has 1 aromatic carbocycles. The van der Waals surface area contributed by atoms with Crippen LogP contribution in [0.15, 0.2) is 30.3 Å². The molecule has 2 aliphatic rings. The molecule has 0 heterocycles. The molecular weight excluding hydrogens is 264 g/mol. The molecule has 0 heteroatoms. The Morgan fingerprint density at radius 1 is 0.818 bits per heavy atom. The minimum absolute atomic E-state index is 0.799. The first-order valence-electron chi connectivity index (χ1n) is 9.89. The van der Waals surface area contributed by atoms with E-state index in [2.05, 4.69) is 37.3 Å². The van der Waals surface area contributed by atoms with Gasteiger partial charge in [0.2, 0.25) is 0 Å². The summed E-state index contributed by atoms with van der Waals surface area (Å²) in [4.78, 5) is 0. The van der Waals surface area contributed by atoms with E-state index < -0.39 is 0 Å². The van der Waals surface area contributed by atoms with Crippen molar-refractivity contribution < 1.29 is 0 Å². The van der Waals surface area contributed by atoms with Crippen LogP contribution < -0.4 is 0 Å². The molecule has 0 nitrogen and oxygen atoms in total. The Labute approximate surface area is 137 Å². The van der Waals surface area contributed by atoms with E-state index in [1.165, 1.54) is 70.6 Å². The van der Waals surface area contributed by atoms with Crippen molar-refractivity contribution in [1.82, 2.24) is 0 Å². The predicted octanol–water partition coefficient (Wildman–Crippen LogP) is 6.96. The van der Waals surface area contributed by atoms with Crippen LogP contribution in [0.5, 0.6) is 0 Å². The summed E-state index contributed by atoms with van der Waals surface area (Å²) in [6.07, 6.45) is 16.2. The zero-order chi connectivity index (χ0) is 15.2. The maximum absolute atomic E-state index is 2.57. The van der Waals surface area contributed by atoms with E-state index in [1.807, 2.05) is 0 Å². The fourth-order valence-electron chi connectivity index (χ4n) is 5.12. The summed E-state index contributed by atoms with van der Waals surface area (Å²) in [5.41, 5.74) is 1.62. The standard InChI is InChI=1S/C22H34/c1-18(20-13-7-3-8-14-20)22(21-15-9-4-10-16-21)17-19-11-5-2-6-12-19/h4,9-10,15-16,18-20,22H,2-3,5-8,11-14,17H2,1H3. The minimum atomic E-state index is 0.799. The zero-order valence-corrected chi connectivity index (χ0v) is 14.5. The molecule has 3 rings (SSSR count). The van der Waals surface area contributed by atoms with Gasteiger partial charge >= 0.3 is 0 Å².